The van der Waals surface area contributed by atoms with Crippen LogP contribution in [0.2, 0.25) is 0 Å². The zero-order chi connectivity index (χ0) is 13.8. The van der Waals surface area contributed by atoms with Crippen LogP contribution < -0.4 is 15.8 Å². The number of nitrogen functional groups attached to an aromatic ring is 1. The molecule has 2 aromatic rings. The lowest BCUT2D eigenvalue weighted by Crippen LogP contribution is -2.02. The SMILES string of the molecule is COc1cc(CNc2ccc(N)cc2F)ccc1C. The van der Waals surface area contributed by atoms with E-state index in [1.54, 1.807) is 19.2 Å². The predicted octanol–water partition coefficient (Wildman–Crippen LogP) is 3.34. The van der Waals surface area contributed by atoms with Crippen molar-refractivity contribution in [3.8, 4) is 5.75 Å². The van der Waals surface area contributed by atoms with Crippen LogP contribution in [0.4, 0.5) is 15.8 Å². The van der Waals surface area contributed by atoms with Gasteiger partial charge in [0, 0.05) is 12.2 Å². The summed E-state index contributed by atoms with van der Waals surface area (Å²) in [5.74, 6) is 0.483. The smallest absolute Gasteiger partial charge is 0.148 e. The van der Waals surface area contributed by atoms with Gasteiger partial charge in [-0.05, 0) is 42.3 Å². The molecule has 3 nitrogen and oxygen atoms in total. The van der Waals surface area contributed by atoms with Crippen LogP contribution in [0.25, 0.3) is 0 Å². The Labute approximate surface area is 112 Å². The van der Waals surface area contributed by atoms with Gasteiger partial charge in [0.1, 0.15) is 11.6 Å². The van der Waals surface area contributed by atoms with Crippen molar-refractivity contribution in [3.63, 3.8) is 0 Å². The van der Waals surface area contributed by atoms with Gasteiger partial charge in [0.15, 0.2) is 0 Å². The Kier molecular flexibility index (Phi) is 3.90. The van der Waals surface area contributed by atoms with E-state index in [0.29, 0.717) is 17.9 Å². The van der Waals surface area contributed by atoms with Crippen molar-refractivity contribution in [1.82, 2.24) is 0 Å². The van der Waals surface area contributed by atoms with Gasteiger partial charge in [0.2, 0.25) is 0 Å². The molecule has 3 N–H and O–H groups in total. The van der Waals surface area contributed by atoms with Gasteiger partial charge in [-0.2, -0.15) is 0 Å². The van der Waals surface area contributed by atoms with Gasteiger partial charge in [-0.15, -0.1) is 0 Å². The highest BCUT2D eigenvalue weighted by molar-refractivity contribution is 5.53. The molecule has 0 saturated carbocycles. The van der Waals surface area contributed by atoms with Crippen LogP contribution in [-0.4, -0.2) is 7.11 Å². The van der Waals surface area contributed by atoms with Gasteiger partial charge < -0.3 is 15.8 Å². The Morgan fingerprint density at radius 3 is 2.68 bits per heavy atom. The van der Waals surface area contributed by atoms with E-state index in [1.807, 2.05) is 25.1 Å². The highest BCUT2D eigenvalue weighted by Gasteiger charge is 2.04. The van der Waals surface area contributed by atoms with Crippen molar-refractivity contribution in [2.24, 2.45) is 0 Å². The normalized spacial score (nSPS) is 10.3. The average molecular weight is 260 g/mol. The third-order valence-electron chi connectivity index (χ3n) is 2.95. The molecule has 19 heavy (non-hydrogen) atoms. The molecule has 0 saturated heterocycles. The number of benzene rings is 2. The first kappa shape index (κ1) is 13.2. The minimum atomic E-state index is -0.348. The van der Waals surface area contributed by atoms with Gasteiger partial charge in [0.25, 0.3) is 0 Å². The number of rotatable bonds is 4. The second-order valence-electron chi connectivity index (χ2n) is 4.40. The van der Waals surface area contributed by atoms with E-state index in [2.05, 4.69) is 5.32 Å². The molecule has 0 aromatic heterocycles. The summed E-state index contributed by atoms with van der Waals surface area (Å²) < 4.78 is 18.9. The molecule has 0 aliphatic rings. The lowest BCUT2D eigenvalue weighted by atomic mass is 10.1. The molecule has 0 atom stereocenters. The molecule has 100 valence electrons. The molecule has 0 aliphatic carbocycles. The Morgan fingerprint density at radius 2 is 2.00 bits per heavy atom. The third kappa shape index (κ3) is 3.16. The highest BCUT2D eigenvalue weighted by atomic mass is 19.1. The van der Waals surface area contributed by atoms with E-state index in [9.17, 15) is 4.39 Å². The fourth-order valence-electron chi connectivity index (χ4n) is 1.85. The van der Waals surface area contributed by atoms with Crippen LogP contribution in [0.5, 0.6) is 5.75 Å². The Hall–Kier alpha value is -2.23. The molecule has 0 aliphatic heterocycles. The fraction of sp³-hybridized carbons (Fsp3) is 0.200. The average Bonchev–Trinajstić information content (AvgIpc) is 2.39. The van der Waals surface area contributed by atoms with Crippen molar-refractivity contribution in [1.29, 1.82) is 0 Å². The Balaban J connectivity index is 2.10. The van der Waals surface area contributed by atoms with Gasteiger partial charge >= 0.3 is 0 Å². The molecular formula is C15H17FN2O. The van der Waals surface area contributed by atoms with Crippen molar-refractivity contribution in [2.45, 2.75) is 13.5 Å². The quantitative estimate of drug-likeness (QED) is 0.829. The van der Waals surface area contributed by atoms with Crippen molar-refractivity contribution in [2.75, 3.05) is 18.2 Å². The molecule has 0 spiro atoms. The first-order valence-electron chi connectivity index (χ1n) is 6.02. The van der Waals surface area contributed by atoms with E-state index >= 15 is 0 Å². The van der Waals surface area contributed by atoms with E-state index in [4.69, 9.17) is 10.5 Å². The maximum absolute atomic E-state index is 13.6. The largest absolute Gasteiger partial charge is 0.496 e. The number of hydrogen-bond acceptors (Lipinski definition) is 3. The van der Waals surface area contributed by atoms with E-state index in [1.165, 1.54) is 6.07 Å². The van der Waals surface area contributed by atoms with Crippen LogP contribution in [0.1, 0.15) is 11.1 Å². The van der Waals surface area contributed by atoms with Gasteiger partial charge in [-0.1, -0.05) is 12.1 Å². The zero-order valence-electron chi connectivity index (χ0n) is 11.0. The molecular weight excluding hydrogens is 243 g/mol. The van der Waals surface area contributed by atoms with Crippen molar-refractivity contribution >= 4 is 11.4 Å². The number of anilines is 2. The zero-order valence-corrected chi connectivity index (χ0v) is 11.0. The minimum Gasteiger partial charge on any atom is -0.496 e. The van der Waals surface area contributed by atoms with Gasteiger partial charge in [-0.3, -0.25) is 0 Å². The van der Waals surface area contributed by atoms with E-state index in [-0.39, 0.29) is 5.82 Å². The molecule has 2 aromatic carbocycles. The molecule has 2 rings (SSSR count). The number of hydrogen-bond donors (Lipinski definition) is 2. The molecule has 0 fully saturated rings. The molecule has 0 heterocycles. The van der Waals surface area contributed by atoms with Crippen molar-refractivity contribution < 1.29 is 9.13 Å². The molecule has 0 radical (unpaired) electrons. The lowest BCUT2D eigenvalue weighted by Gasteiger charge is -2.10. The Morgan fingerprint density at radius 1 is 1.21 bits per heavy atom. The fourth-order valence-corrected chi connectivity index (χ4v) is 1.85. The first-order chi connectivity index (χ1) is 9.10. The lowest BCUT2D eigenvalue weighted by molar-refractivity contribution is 0.411. The first-order valence-corrected chi connectivity index (χ1v) is 6.02. The number of nitrogens with two attached hydrogens (primary N) is 1. The number of halogens is 1. The summed E-state index contributed by atoms with van der Waals surface area (Å²) in [5, 5.41) is 3.04. The number of ether oxygens (including phenoxy) is 1. The standard InChI is InChI=1S/C15H17FN2O/c1-10-3-4-11(7-15(10)19-2)9-18-14-6-5-12(17)8-13(14)16/h3-8,18H,9,17H2,1-2H3. The summed E-state index contributed by atoms with van der Waals surface area (Å²) in [4.78, 5) is 0. The van der Waals surface area contributed by atoms with Gasteiger partial charge in [0.05, 0.1) is 12.8 Å². The molecule has 0 amide bonds. The summed E-state index contributed by atoms with van der Waals surface area (Å²) in [5.41, 5.74) is 8.46. The number of nitrogens with one attached hydrogen (secondary N) is 1. The Bertz CT molecular complexity index is 584. The second kappa shape index (κ2) is 5.61. The van der Waals surface area contributed by atoms with E-state index in [0.717, 1.165) is 16.9 Å². The molecule has 0 bridgehead atoms. The highest BCUT2D eigenvalue weighted by Crippen LogP contribution is 2.21. The maximum Gasteiger partial charge on any atom is 0.148 e. The van der Waals surface area contributed by atoms with E-state index < -0.39 is 0 Å². The summed E-state index contributed by atoms with van der Waals surface area (Å²) in [6, 6.07) is 10.5. The molecule has 0 unspecified atom stereocenters. The third-order valence-corrected chi connectivity index (χ3v) is 2.95. The minimum absolute atomic E-state index is 0.348. The monoisotopic (exact) mass is 260 g/mol. The van der Waals surface area contributed by atoms with Crippen LogP contribution in [-0.2, 0) is 6.54 Å². The number of aryl methyl sites for hydroxylation is 1. The summed E-state index contributed by atoms with van der Waals surface area (Å²) >= 11 is 0. The van der Waals surface area contributed by atoms with Gasteiger partial charge in [-0.25, -0.2) is 4.39 Å². The van der Waals surface area contributed by atoms with Crippen LogP contribution in [0.3, 0.4) is 0 Å². The summed E-state index contributed by atoms with van der Waals surface area (Å²) in [6.07, 6.45) is 0. The summed E-state index contributed by atoms with van der Waals surface area (Å²) in [7, 11) is 1.64. The topological polar surface area (TPSA) is 47.3 Å². The molecule has 4 heteroatoms. The number of methoxy groups -OCH3 is 1. The van der Waals surface area contributed by atoms with Crippen LogP contribution in [0.15, 0.2) is 36.4 Å². The maximum atomic E-state index is 13.6. The van der Waals surface area contributed by atoms with Crippen LogP contribution >= 0.6 is 0 Å². The van der Waals surface area contributed by atoms with Crippen molar-refractivity contribution in [3.05, 3.63) is 53.3 Å². The van der Waals surface area contributed by atoms with Crippen LogP contribution in [0, 0.1) is 12.7 Å². The predicted molar refractivity (Wildman–Crippen MR) is 75.9 cm³/mol. The second-order valence-corrected chi connectivity index (χ2v) is 4.40. The summed E-state index contributed by atoms with van der Waals surface area (Å²) in [6.45, 7) is 2.51.